The van der Waals surface area contributed by atoms with E-state index < -0.39 is 5.97 Å². The van der Waals surface area contributed by atoms with Crippen LogP contribution in [-0.4, -0.2) is 18.7 Å². The van der Waals surface area contributed by atoms with Crippen LogP contribution in [0.3, 0.4) is 0 Å². The molecule has 0 spiro atoms. The van der Waals surface area contributed by atoms with Crippen molar-refractivity contribution in [3.8, 4) is 5.75 Å². The van der Waals surface area contributed by atoms with Gasteiger partial charge in [0.15, 0.2) is 0 Å². The highest BCUT2D eigenvalue weighted by atomic mass is 35.5. The number of nitrogens with two attached hydrogens (primary N) is 1. The van der Waals surface area contributed by atoms with Crippen molar-refractivity contribution in [2.24, 2.45) is 0 Å². The number of anilines is 1. The summed E-state index contributed by atoms with van der Waals surface area (Å²) in [5.74, 6) is 0.422. The van der Waals surface area contributed by atoms with E-state index in [1.807, 2.05) is 24.3 Å². The largest absolute Gasteiger partial charge is 0.486 e. The molecule has 0 bridgehead atoms. The molecule has 21 heavy (non-hydrogen) atoms. The molecule has 1 aliphatic rings. The van der Waals surface area contributed by atoms with Gasteiger partial charge in [-0.3, -0.25) is 0 Å². The maximum absolute atomic E-state index is 12.0. The lowest BCUT2D eigenvalue weighted by Crippen LogP contribution is -2.22. The Hall–Kier alpha value is -2.20. The molecule has 0 aliphatic carbocycles. The van der Waals surface area contributed by atoms with E-state index in [4.69, 9.17) is 26.8 Å². The van der Waals surface area contributed by atoms with Gasteiger partial charge in [0.2, 0.25) is 0 Å². The highest BCUT2D eigenvalue weighted by Gasteiger charge is 2.23. The molecule has 3 rings (SSSR count). The molecule has 2 aromatic rings. The predicted octanol–water partition coefficient (Wildman–Crippen LogP) is 3.08. The summed E-state index contributed by atoms with van der Waals surface area (Å²) in [6.07, 6.45) is 0.599. The lowest BCUT2D eigenvalue weighted by atomic mass is 10.1. The van der Waals surface area contributed by atoms with Crippen LogP contribution in [0.5, 0.6) is 5.75 Å². The average molecular weight is 304 g/mol. The Labute approximate surface area is 127 Å². The number of rotatable bonds is 3. The molecule has 2 aromatic carbocycles. The zero-order chi connectivity index (χ0) is 14.8. The van der Waals surface area contributed by atoms with E-state index >= 15 is 0 Å². The van der Waals surface area contributed by atoms with Crippen LogP contribution in [0.4, 0.5) is 5.69 Å². The molecule has 1 unspecified atom stereocenters. The monoisotopic (exact) mass is 303 g/mol. The second kappa shape index (κ2) is 5.66. The smallest absolute Gasteiger partial charge is 0.338 e. The highest BCUT2D eigenvalue weighted by Crippen LogP contribution is 2.28. The van der Waals surface area contributed by atoms with Crippen molar-refractivity contribution < 1.29 is 14.3 Å². The minimum Gasteiger partial charge on any atom is -0.486 e. The Morgan fingerprint density at radius 1 is 1.33 bits per heavy atom. The van der Waals surface area contributed by atoms with Gasteiger partial charge >= 0.3 is 5.97 Å². The minimum atomic E-state index is -0.434. The van der Waals surface area contributed by atoms with Gasteiger partial charge in [-0.1, -0.05) is 29.8 Å². The molecule has 1 heterocycles. The Balaban J connectivity index is 1.59. The summed E-state index contributed by atoms with van der Waals surface area (Å²) in [7, 11) is 0. The number of hydrogen-bond acceptors (Lipinski definition) is 4. The molecule has 2 N–H and O–H groups in total. The first-order valence-electron chi connectivity index (χ1n) is 6.60. The van der Waals surface area contributed by atoms with Gasteiger partial charge in [0.25, 0.3) is 0 Å². The van der Waals surface area contributed by atoms with E-state index in [-0.39, 0.29) is 12.7 Å². The molecule has 0 saturated heterocycles. The molecule has 4 nitrogen and oxygen atoms in total. The van der Waals surface area contributed by atoms with Crippen LogP contribution >= 0.6 is 11.6 Å². The second-order valence-corrected chi connectivity index (χ2v) is 5.29. The summed E-state index contributed by atoms with van der Waals surface area (Å²) < 4.78 is 11.0. The summed E-state index contributed by atoms with van der Waals surface area (Å²) in [6, 6.07) is 12.5. The molecule has 1 atom stereocenters. The summed E-state index contributed by atoms with van der Waals surface area (Å²) >= 11 is 5.89. The first-order chi connectivity index (χ1) is 10.1. The fourth-order valence-electron chi connectivity index (χ4n) is 2.25. The van der Waals surface area contributed by atoms with Gasteiger partial charge in [0, 0.05) is 6.42 Å². The number of carbonyl (C=O) groups excluding carboxylic acids is 1. The number of ether oxygens (including phenoxy) is 2. The predicted molar refractivity (Wildman–Crippen MR) is 80.7 cm³/mol. The number of para-hydroxylation sites is 1. The van der Waals surface area contributed by atoms with E-state index in [1.165, 1.54) is 6.07 Å². The fourth-order valence-corrected chi connectivity index (χ4v) is 2.43. The molecule has 108 valence electrons. The van der Waals surface area contributed by atoms with Gasteiger partial charge in [-0.15, -0.1) is 0 Å². The standard InChI is InChI=1S/C16H14ClNO3/c17-13-8-11(5-6-14(13)18)16(19)20-9-12-7-10-3-1-2-4-15(10)21-12/h1-6,8,12H,7,9,18H2. The van der Waals surface area contributed by atoms with Gasteiger partial charge in [-0.25, -0.2) is 4.79 Å². The summed E-state index contributed by atoms with van der Waals surface area (Å²) in [4.78, 5) is 12.0. The first-order valence-corrected chi connectivity index (χ1v) is 6.98. The van der Waals surface area contributed by atoms with Gasteiger partial charge in [-0.2, -0.15) is 0 Å². The number of esters is 1. The number of nitrogen functional groups attached to an aromatic ring is 1. The van der Waals surface area contributed by atoms with Gasteiger partial charge in [0.1, 0.15) is 18.5 Å². The van der Waals surface area contributed by atoms with Crippen molar-refractivity contribution in [2.75, 3.05) is 12.3 Å². The zero-order valence-corrected chi connectivity index (χ0v) is 12.0. The van der Waals surface area contributed by atoms with Crippen LogP contribution in [-0.2, 0) is 11.2 Å². The molecule has 0 radical (unpaired) electrons. The normalized spacial score (nSPS) is 16.1. The maximum Gasteiger partial charge on any atom is 0.338 e. The third-order valence-corrected chi connectivity index (χ3v) is 3.68. The molecule has 0 saturated carbocycles. The van der Waals surface area contributed by atoms with Crippen LogP contribution in [0.1, 0.15) is 15.9 Å². The number of benzene rings is 2. The Morgan fingerprint density at radius 3 is 2.90 bits per heavy atom. The van der Waals surface area contributed by atoms with Crippen molar-refractivity contribution in [1.29, 1.82) is 0 Å². The average Bonchev–Trinajstić information content (AvgIpc) is 2.90. The second-order valence-electron chi connectivity index (χ2n) is 4.89. The van der Waals surface area contributed by atoms with Crippen molar-refractivity contribution in [2.45, 2.75) is 12.5 Å². The maximum atomic E-state index is 12.0. The van der Waals surface area contributed by atoms with E-state index in [0.717, 1.165) is 17.7 Å². The van der Waals surface area contributed by atoms with Crippen LogP contribution in [0, 0.1) is 0 Å². The van der Waals surface area contributed by atoms with Crippen LogP contribution in [0.2, 0.25) is 5.02 Å². The Kier molecular flexibility index (Phi) is 3.71. The SMILES string of the molecule is Nc1ccc(C(=O)OCC2Cc3ccccc3O2)cc1Cl. The quantitative estimate of drug-likeness (QED) is 0.699. The summed E-state index contributed by atoms with van der Waals surface area (Å²) in [5, 5.41) is 0.342. The molecule has 0 amide bonds. The van der Waals surface area contributed by atoms with E-state index in [2.05, 4.69) is 0 Å². The number of fused-ring (bicyclic) bond motifs is 1. The van der Waals surface area contributed by atoms with Crippen molar-refractivity contribution in [3.05, 3.63) is 58.6 Å². The van der Waals surface area contributed by atoms with Crippen LogP contribution < -0.4 is 10.5 Å². The number of halogens is 1. The number of hydrogen-bond donors (Lipinski definition) is 1. The van der Waals surface area contributed by atoms with Gasteiger partial charge < -0.3 is 15.2 Å². The number of carbonyl (C=O) groups is 1. The summed E-state index contributed by atoms with van der Waals surface area (Å²) in [6.45, 7) is 0.204. The molecular weight excluding hydrogens is 290 g/mol. The zero-order valence-electron chi connectivity index (χ0n) is 11.2. The molecular formula is C16H14ClNO3. The van der Waals surface area contributed by atoms with Crippen molar-refractivity contribution in [3.63, 3.8) is 0 Å². The molecule has 0 fully saturated rings. The highest BCUT2D eigenvalue weighted by molar-refractivity contribution is 6.33. The van der Waals surface area contributed by atoms with E-state index in [0.29, 0.717) is 16.3 Å². The summed E-state index contributed by atoms with van der Waals surface area (Å²) in [5.41, 5.74) is 7.55. The molecule has 5 heteroatoms. The van der Waals surface area contributed by atoms with Gasteiger partial charge in [0.05, 0.1) is 16.3 Å². The Bertz CT molecular complexity index is 662. The van der Waals surface area contributed by atoms with Crippen LogP contribution in [0.25, 0.3) is 0 Å². The first kappa shape index (κ1) is 13.8. The van der Waals surface area contributed by atoms with E-state index in [9.17, 15) is 4.79 Å². The molecule has 0 aromatic heterocycles. The fraction of sp³-hybridized carbons (Fsp3) is 0.188. The van der Waals surface area contributed by atoms with Crippen molar-refractivity contribution in [1.82, 2.24) is 0 Å². The lowest BCUT2D eigenvalue weighted by molar-refractivity contribution is 0.0347. The van der Waals surface area contributed by atoms with E-state index in [1.54, 1.807) is 12.1 Å². The molecule has 1 aliphatic heterocycles. The Morgan fingerprint density at radius 2 is 2.14 bits per heavy atom. The van der Waals surface area contributed by atoms with Gasteiger partial charge in [-0.05, 0) is 29.8 Å². The topological polar surface area (TPSA) is 61.6 Å². The minimum absolute atomic E-state index is 0.143. The van der Waals surface area contributed by atoms with Crippen molar-refractivity contribution >= 4 is 23.3 Å². The lowest BCUT2D eigenvalue weighted by Gasteiger charge is -2.11. The third-order valence-electron chi connectivity index (χ3n) is 3.35. The third kappa shape index (κ3) is 2.95. The van der Waals surface area contributed by atoms with Crippen LogP contribution in [0.15, 0.2) is 42.5 Å².